The minimum absolute atomic E-state index is 0.0720. The third-order valence-corrected chi connectivity index (χ3v) is 10.3. The molecule has 0 N–H and O–H groups in total. The molecule has 0 aromatic heterocycles. The molecular weight excluding hydrogens is 531 g/mol. The summed E-state index contributed by atoms with van der Waals surface area (Å²) in [5, 5.41) is 7.89. The van der Waals surface area contributed by atoms with Crippen LogP contribution in [0.15, 0.2) is 114 Å². The quantitative estimate of drug-likeness (QED) is 0.119. The van der Waals surface area contributed by atoms with Crippen molar-refractivity contribution in [1.82, 2.24) is 0 Å². The fourth-order valence-corrected chi connectivity index (χ4v) is 8.62. The van der Waals surface area contributed by atoms with Crippen LogP contribution in [0.4, 0.5) is 0 Å². The largest absolute Gasteiger partial charge is 0.129 e. The van der Waals surface area contributed by atoms with Crippen LogP contribution >= 0.6 is 27.7 Å². The molecule has 0 bridgehead atoms. The summed E-state index contributed by atoms with van der Waals surface area (Å²) >= 11 is 5.94. The first-order valence-corrected chi connectivity index (χ1v) is 14.6. The molecule has 6 aromatic carbocycles. The molecular formula is C34H26BBrS. The van der Waals surface area contributed by atoms with E-state index < -0.39 is 0 Å². The molecule has 0 spiro atoms. The van der Waals surface area contributed by atoms with E-state index in [0.717, 1.165) is 7.28 Å². The molecule has 1 heterocycles. The standard InChI is InChI=1S/C34H26BBrS/c1-34(36)33(35-2)31-20-24(15-17-32(31)37-34)22-9-7-8-21(18-22)23-14-16-29-27-12-4-3-10-25(27)26-11-5-6-13-28(26)30(29)19-23/h3-20,33,35H,1-2H3. The summed E-state index contributed by atoms with van der Waals surface area (Å²) in [4.78, 5) is 1.40. The molecule has 0 radical (unpaired) electrons. The maximum atomic E-state index is 3.99. The van der Waals surface area contributed by atoms with Crippen molar-refractivity contribution in [2.75, 3.05) is 0 Å². The smallest absolute Gasteiger partial charge is 0.108 e. The van der Waals surface area contributed by atoms with Crippen molar-refractivity contribution in [1.29, 1.82) is 0 Å². The van der Waals surface area contributed by atoms with E-state index in [1.807, 2.05) is 11.8 Å². The number of fused-ring (bicyclic) bond motifs is 7. The molecule has 0 saturated carbocycles. The summed E-state index contributed by atoms with van der Waals surface area (Å²) in [7, 11) is 1.13. The highest BCUT2D eigenvalue weighted by molar-refractivity contribution is 9.12. The zero-order chi connectivity index (χ0) is 25.1. The van der Waals surface area contributed by atoms with Gasteiger partial charge in [-0.25, -0.2) is 0 Å². The van der Waals surface area contributed by atoms with Crippen molar-refractivity contribution >= 4 is 67.3 Å². The molecule has 0 saturated heterocycles. The second kappa shape index (κ2) is 8.79. The summed E-state index contributed by atoms with van der Waals surface area (Å²) in [5.41, 5.74) is 6.54. The van der Waals surface area contributed by atoms with Crippen molar-refractivity contribution < 1.29 is 0 Å². The van der Waals surface area contributed by atoms with Crippen molar-refractivity contribution in [3.05, 3.63) is 115 Å². The van der Waals surface area contributed by atoms with E-state index in [-0.39, 0.29) is 3.66 Å². The highest BCUT2D eigenvalue weighted by Crippen LogP contribution is 2.56. The number of halogens is 1. The van der Waals surface area contributed by atoms with Crippen LogP contribution in [0.1, 0.15) is 18.3 Å². The Morgan fingerprint density at radius 2 is 1.11 bits per heavy atom. The van der Waals surface area contributed by atoms with Gasteiger partial charge in [-0.3, -0.25) is 0 Å². The molecule has 6 aromatic rings. The monoisotopic (exact) mass is 556 g/mol. The lowest BCUT2D eigenvalue weighted by Gasteiger charge is -2.22. The summed E-state index contributed by atoms with van der Waals surface area (Å²) in [6.07, 6.45) is 0. The number of alkyl halides is 1. The molecule has 2 atom stereocenters. The van der Waals surface area contributed by atoms with Gasteiger partial charge in [0.15, 0.2) is 0 Å². The highest BCUT2D eigenvalue weighted by atomic mass is 79.9. The molecule has 0 aliphatic carbocycles. The van der Waals surface area contributed by atoms with Gasteiger partial charge >= 0.3 is 0 Å². The van der Waals surface area contributed by atoms with Crippen molar-refractivity contribution in [3.8, 4) is 22.3 Å². The molecule has 0 nitrogen and oxygen atoms in total. The van der Waals surface area contributed by atoms with E-state index in [9.17, 15) is 0 Å². The Morgan fingerprint density at radius 1 is 0.595 bits per heavy atom. The maximum absolute atomic E-state index is 3.99. The second-order valence-corrected chi connectivity index (χ2v) is 13.9. The van der Waals surface area contributed by atoms with E-state index >= 15 is 0 Å². The van der Waals surface area contributed by atoms with Crippen LogP contribution in [-0.4, -0.2) is 10.9 Å². The van der Waals surface area contributed by atoms with Gasteiger partial charge in [-0.2, -0.15) is 0 Å². The Balaban J connectivity index is 1.36. The van der Waals surface area contributed by atoms with Crippen LogP contribution in [0, 0.1) is 0 Å². The first-order valence-electron chi connectivity index (χ1n) is 13.0. The van der Waals surface area contributed by atoms with E-state index in [1.165, 1.54) is 65.0 Å². The predicted octanol–water partition coefficient (Wildman–Crippen LogP) is 10.2. The van der Waals surface area contributed by atoms with Crippen LogP contribution in [0.5, 0.6) is 0 Å². The number of hydrogen-bond donors (Lipinski definition) is 0. The summed E-state index contributed by atoms with van der Waals surface area (Å²) < 4.78 is 0.0720. The molecule has 1 aliphatic heterocycles. The van der Waals surface area contributed by atoms with E-state index in [4.69, 9.17) is 0 Å². The fraction of sp³-hybridized carbons (Fsp3) is 0.118. The van der Waals surface area contributed by atoms with Gasteiger partial charge in [-0.1, -0.05) is 114 Å². The van der Waals surface area contributed by atoms with E-state index in [0.29, 0.717) is 5.82 Å². The van der Waals surface area contributed by atoms with Crippen LogP contribution in [0.2, 0.25) is 6.82 Å². The van der Waals surface area contributed by atoms with E-state index in [2.05, 4.69) is 139 Å². The Bertz CT molecular complexity index is 1800. The Morgan fingerprint density at radius 3 is 1.73 bits per heavy atom. The van der Waals surface area contributed by atoms with Gasteiger partial charge < -0.3 is 0 Å². The zero-order valence-corrected chi connectivity index (χ0v) is 23.4. The third kappa shape index (κ3) is 3.75. The molecule has 178 valence electrons. The van der Waals surface area contributed by atoms with Crippen LogP contribution in [-0.2, 0) is 0 Å². The Hall–Kier alpha value is -3.01. The van der Waals surface area contributed by atoms with Gasteiger partial charge in [-0.15, -0.1) is 11.8 Å². The molecule has 0 amide bonds. The van der Waals surface area contributed by atoms with Gasteiger partial charge in [0.05, 0.1) is 3.66 Å². The lowest BCUT2D eigenvalue weighted by molar-refractivity contribution is 0.867. The van der Waals surface area contributed by atoms with E-state index in [1.54, 1.807) is 0 Å². The lowest BCUT2D eigenvalue weighted by atomic mass is 9.62. The zero-order valence-electron chi connectivity index (χ0n) is 21.0. The minimum Gasteiger partial charge on any atom is -0.108 e. The summed E-state index contributed by atoms with van der Waals surface area (Å²) in [6, 6.07) is 40.6. The maximum Gasteiger partial charge on any atom is 0.129 e. The Labute approximate surface area is 231 Å². The minimum atomic E-state index is 0.0720. The summed E-state index contributed by atoms with van der Waals surface area (Å²) in [5.74, 6) is 0.513. The first-order chi connectivity index (χ1) is 18.0. The topological polar surface area (TPSA) is 0 Å². The summed E-state index contributed by atoms with van der Waals surface area (Å²) in [6.45, 7) is 4.60. The predicted molar refractivity (Wildman–Crippen MR) is 169 cm³/mol. The number of benzene rings is 6. The van der Waals surface area contributed by atoms with Crippen LogP contribution < -0.4 is 0 Å². The SMILES string of the molecule is CBC1c2cc(-c3cccc(-c4ccc5c6ccccc6c6ccccc6c5c4)c3)ccc2SC1(C)Br. The Kier molecular flexibility index (Phi) is 5.50. The van der Waals surface area contributed by atoms with Gasteiger partial charge in [0.1, 0.15) is 7.28 Å². The highest BCUT2D eigenvalue weighted by Gasteiger charge is 2.40. The number of thioether (sulfide) groups is 1. The number of hydrogen-bond acceptors (Lipinski definition) is 1. The van der Waals surface area contributed by atoms with Crippen molar-refractivity contribution in [2.24, 2.45) is 0 Å². The molecule has 0 fully saturated rings. The molecule has 7 rings (SSSR count). The van der Waals surface area contributed by atoms with Gasteiger partial charge in [0, 0.05) is 4.90 Å². The van der Waals surface area contributed by atoms with Crippen LogP contribution in [0.3, 0.4) is 0 Å². The van der Waals surface area contributed by atoms with Crippen molar-refractivity contribution in [2.45, 2.75) is 28.1 Å². The average molecular weight is 557 g/mol. The molecule has 1 aliphatic rings. The molecule has 37 heavy (non-hydrogen) atoms. The molecule has 3 heteroatoms. The average Bonchev–Trinajstić information content (AvgIpc) is 3.21. The second-order valence-electron chi connectivity index (χ2n) is 10.2. The lowest BCUT2D eigenvalue weighted by Crippen LogP contribution is -2.20. The van der Waals surface area contributed by atoms with Crippen LogP contribution in [0.25, 0.3) is 54.6 Å². The normalized spacial score (nSPS) is 18.9. The number of rotatable bonds is 3. The third-order valence-electron chi connectivity index (χ3n) is 8.00. The van der Waals surface area contributed by atoms with Crippen molar-refractivity contribution in [3.63, 3.8) is 0 Å². The van der Waals surface area contributed by atoms with Gasteiger partial charge in [0.2, 0.25) is 0 Å². The molecule has 2 unspecified atom stereocenters. The van der Waals surface area contributed by atoms with Gasteiger partial charge in [-0.05, 0) is 91.1 Å². The van der Waals surface area contributed by atoms with Gasteiger partial charge in [0.25, 0.3) is 0 Å². The first kappa shape index (κ1) is 23.1. The fourth-order valence-electron chi connectivity index (χ4n) is 6.21.